The molecule has 0 radical (unpaired) electrons. The van der Waals surface area contributed by atoms with Crippen molar-refractivity contribution in [3.63, 3.8) is 0 Å². The van der Waals surface area contributed by atoms with Gasteiger partial charge in [-0.3, -0.25) is 4.31 Å². The average molecular weight is 373 g/mol. The number of ether oxygens (including phenoxy) is 1. The smallest absolute Gasteiger partial charge is 0.416 e. The van der Waals surface area contributed by atoms with Crippen molar-refractivity contribution >= 4 is 21.7 Å². The number of methoxy groups -OCH3 is 1. The van der Waals surface area contributed by atoms with Crippen LogP contribution in [0.5, 0.6) is 0 Å². The second-order valence-electron chi connectivity index (χ2n) is 5.01. The zero-order valence-electron chi connectivity index (χ0n) is 13.2. The van der Waals surface area contributed by atoms with E-state index in [0.717, 1.165) is 36.7 Å². The lowest BCUT2D eigenvalue weighted by atomic mass is 10.2. The van der Waals surface area contributed by atoms with Gasteiger partial charge in [0, 0.05) is 7.05 Å². The minimum absolute atomic E-state index is 0.00763. The third-order valence-electron chi connectivity index (χ3n) is 3.47. The first kappa shape index (κ1) is 18.8. The van der Waals surface area contributed by atoms with Gasteiger partial charge >= 0.3 is 12.1 Å². The number of benzene rings is 2. The summed E-state index contributed by atoms with van der Waals surface area (Å²) in [6.07, 6.45) is -4.67. The lowest BCUT2D eigenvalue weighted by Gasteiger charge is -2.22. The molecule has 2 aromatic carbocycles. The van der Waals surface area contributed by atoms with E-state index in [2.05, 4.69) is 4.74 Å². The van der Waals surface area contributed by atoms with Gasteiger partial charge in [-0.25, -0.2) is 13.2 Å². The molecule has 9 heteroatoms. The third-order valence-corrected chi connectivity index (χ3v) is 5.24. The number of rotatable bonds is 4. The van der Waals surface area contributed by atoms with Crippen LogP contribution in [-0.2, 0) is 20.9 Å². The van der Waals surface area contributed by atoms with Crippen molar-refractivity contribution in [3.8, 4) is 0 Å². The Bertz CT molecular complexity index is 894. The Morgan fingerprint density at radius 3 is 2.32 bits per heavy atom. The van der Waals surface area contributed by atoms with Gasteiger partial charge in [-0.2, -0.15) is 13.2 Å². The van der Waals surface area contributed by atoms with Crippen LogP contribution in [-0.4, -0.2) is 28.5 Å². The molecule has 0 saturated carbocycles. The maximum absolute atomic E-state index is 12.8. The number of hydrogen-bond donors (Lipinski definition) is 0. The number of carbonyl (C=O) groups excluding carboxylic acids is 1. The predicted molar refractivity (Wildman–Crippen MR) is 84.8 cm³/mol. The van der Waals surface area contributed by atoms with Crippen LogP contribution in [0.2, 0.25) is 0 Å². The van der Waals surface area contributed by atoms with E-state index in [0.29, 0.717) is 6.07 Å². The largest absolute Gasteiger partial charge is 0.465 e. The number of carbonyl (C=O) groups is 1. The Morgan fingerprint density at radius 1 is 1.08 bits per heavy atom. The third kappa shape index (κ3) is 3.76. The van der Waals surface area contributed by atoms with Crippen LogP contribution in [0.15, 0.2) is 53.4 Å². The summed E-state index contributed by atoms with van der Waals surface area (Å²) in [6, 6.07) is 9.13. The van der Waals surface area contributed by atoms with E-state index in [-0.39, 0.29) is 11.3 Å². The predicted octanol–water partition coefficient (Wildman–Crippen LogP) is 3.32. The Morgan fingerprint density at radius 2 is 1.72 bits per heavy atom. The number of hydrogen-bond acceptors (Lipinski definition) is 4. The van der Waals surface area contributed by atoms with Crippen LogP contribution in [0, 0.1) is 0 Å². The van der Waals surface area contributed by atoms with E-state index >= 15 is 0 Å². The van der Waals surface area contributed by atoms with Crippen molar-refractivity contribution in [2.24, 2.45) is 0 Å². The molecular formula is C16H14F3NO4S. The fraction of sp³-hybridized carbons (Fsp3) is 0.188. The number of sulfonamides is 1. The first-order valence-electron chi connectivity index (χ1n) is 6.92. The van der Waals surface area contributed by atoms with Gasteiger partial charge in [-0.05, 0) is 30.3 Å². The molecule has 0 aliphatic rings. The molecule has 0 bridgehead atoms. The second-order valence-corrected chi connectivity index (χ2v) is 6.98. The highest BCUT2D eigenvalue weighted by Crippen LogP contribution is 2.32. The summed E-state index contributed by atoms with van der Waals surface area (Å²) in [4.78, 5) is 11.3. The van der Waals surface area contributed by atoms with Crippen molar-refractivity contribution in [2.45, 2.75) is 11.1 Å². The maximum atomic E-state index is 12.8. The summed E-state index contributed by atoms with van der Waals surface area (Å²) in [5.74, 6) is -0.762. The number of anilines is 1. The Hall–Kier alpha value is -2.55. The Balaban J connectivity index is 2.53. The first-order chi connectivity index (χ1) is 11.6. The Labute approximate surface area is 142 Å². The van der Waals surface area contributed by atoms with Crippen LogP contribution >= 0.6 is 0 Å². The van der Waals surface area contributed by atoms with Gasteiger partial charge in [0.2, 0.25) is 0 Å². The summed E-state index contributed by atoms with van der Waals surface area (Å²) in [5.41, 5.74) is -1.11. The van der Waals surface area contributed by atoms with Crippen molar-refractivity contribution in [1.82, 2.24) is 0 Å². The van der Waals surface area contributed by atoms with E-state index in [9.17, 15) is 26.4 Å². The van der Waals surface area contributed by atoms with E-state index < -0.39 is 32.6 Å². The van der Waals surface area contributed by atoms with Crippen molar-refractivity contribution in [3.05, 3.63) is 59.7 Å². The molecule has 0 unspecified atom stereocenters. The molecule has 0 heterocycles. The van der Waals surface area contributed by atoms with Crippen molar-refractivity contribution < 1.29 is 31.1 Å². The molecule has 0 saturated heterocycles. The summed E-state index contributed by atoms with van der Waals surface area (Å²) in [7, 11) is -2.02. The summed E-state index contributed by atoms with van der Waals surface area (Å²) >= 11 is 0. The van der Waals surface area contributed by atoms with Crippen LogP contribution in [0.4, 0.5) is 18.9 Å². The van der Waals surface area contributed by atoms with Gasteiger partial charge in [0.15, 0.2) is 0 Å². The van der Waals surface area contributed by atoms with E-state index in [1.54, 1.807) is 0 Å². The lowest BCUT2D eigenvalue weighted by molar-refractivity contribution is -0.137. The number of para-hydroxylation sites is 1. The van der Waals surface area contributed by atoms with Gasteiger partial charge < -0.3 is 4.74 Å². The van der Waals surface area contributed by atoms with Crippen LogP contribution in [0.3, 0.4) is 0 Å². The van der Waals surface area contributed by atoms with Gasteiger partial charge in [-0.1, -0.05) is 18.2 Å². The molecule has 0 fully saturated rings. The highest BCUT2D eigenvalue weighted by Gasteiger charge is 2.33. The highest BCUT2D eigenvalue weighted by atomic mass is 32.2. The molecule has 0 spiro atoms. The fourth-order valence-corrected chi connectivity index (χ4v) is 3.41. The SMILES string of the molecule is COC(=O)c1ccccc1N(C)S(=O)(=O)c1cccc(C(F)(F)F)c1. The number of halogens is 3. The number of alkyl halides is 3. The number of nitrogens with zero attached hydrogens (tertiary/aromatic N) is 1. The molecule has 134 valence electrons. The molecule has 0 atom stereocenters. The summed E-state index contributed by atoms with van der Waals surface area (Å²) in [6.45, 7) is 0. The van der Waals surface area contributed by atoms with E-state index in [4.69, 9.17) is 0 Å². The minimum Gasteiger partial charge on any atom is -0.465 e. The quantitative estimate of drug-likeness (QED) is 0.772. The molecule has 5 nitrogen and oxygen atoms in total. The minimum atomic E-state index is -4.67. The molecule has 0 amide bonds. The zero-order valence-corrected chi connectivity index (χ0v) is 14.1. The monoisotopic (exact) mass is 373 g/mol. The second kappa shape index (κ2) is 6.75. The Kier molecular flexibility index (Phi) is 5.07. The van der Waals surface area contributed by atoms with Crippen molar-refractivity contribution in [1.29, 1.82) is 0 Å². The van der Waals surface area contributed by atoms with Gasteiger partial charge in [-0.15, -0.1) is 0 Å². The number of esters is 1. The summed E-state index contributed by atoms with van der Waals surface area (Å²) in [5, 5.41) is 0. The van der Waals surface area contributed by atoms with E-state index in [1.165, 1.54) is 24.3 Å². The normalized spacial score (nSPS) is 11.9. The van der Waals surface area contributed by atoms with Crippen LogP contribution < -0.4 is 4.31 Å². The highest BCUT2D eigenvalue weighted by molar-refractivity contribution is 7.92. The molecule has 0 aromatic heterocycles. The molecule has 2 aromatic rings. The lowest BCUT2D eigenvalue weighted by Crippen LogP contribution is -2.28. The van der Waals surface area contributed by atoms with Crippen molar-refractivity contribution in [2.75, 3.05) is 18.5 Å². The fourth-order valence-electron chi connectivity index (χ4n) is 2.15. The van der Waals surface area contributed by atoms with Gasteiger partial charge in [0.25, 0.3) is 10.0 Å². The molecule has 0 aliphatic heterocycles. The van der Waals surface area contributed by atoms with Crippen LogP contribution in [0.1, 0.15) is 15.9 Å². The topological polar surface area (TPSA) is 63.7 Å². The van der Waals surface area contributed by atoms with Gasteiger partial charge in [0.1, 0.15) is 0 Å². The first-order valence-corrected chi connectivity index (χ1v) is 8.36. The molecule has 25 heavy (non-hydrogen) atoms. The van der Waals surface area contributed by atoms with Gasteiger partial charge in [0.05, 0.1) is 28.8 Å². The van der Waals surface area contributed by atoms with Crippen LogP contribution in [0.25, 0.3) is 0 Å². The molecular weight excluding hydrogens is 359 g/mol. The standard InChI is InChI=1S/C16H14F3NO4S/c1-20(14-9-4-3-8-13(14)15(21)24-2)25(22,23)12-7-5-6-11(10-12)16(17,18)19/h3-10H,1-2H3. The average Bonchev–Trinajstić information content (AvgIpc) is 2.59. The molecule has 2 rings (SSSR count). The maximum Gasteiger partial charge on any atom is 0.416 e. The molecule has 0 aliphatic carbocycles. The van der Waals surface area contributed by atoms with E-state index in [1.807, 2.05) is 0 Å². The molecule has 0 N–H and O–H groups in total. The summed E-state index contributed by atoms with van der Waals surface area (Å²) < 4.78 is 69.2. The zero-order chi connectivity index (χ0) is 18.8.